The van der Waals surface area contributed by atoms with Crippen LogP contribution >= 0.6 is 0 Å². The molecule has 0 spiro atoms. The van der Waals surface area contributed by atoms with Crippen molar-refractivity contribution in [1.82, 2.24) is 0 Å². The van der Waals surface area contributed by atoms with Gasteiger partial charge in [0.1, 0.15) is 18.1 Å². The van der Waals surface area contributed by atoms with Gasteiger partial charge in [-0.3, -0.25) is 0 Å². The molecule has 2 aromatic rings. The number of rotatable bonds is 18. The Morgan fingerprint density at radius 1 is 0.515 bits per heavy atom. The van der Waals surface area contributed by atoms with Crippen LogP contribution in [0.4, 0.5) is 0 Å². The zero-order valence-corrected chi connectivity index (χ0v) is 20.7. The van der Waals surface area contributed by atoms with E-state index in [2.05, 4.69) is 38.1 Å². The number of hydrogen-bond donors (Lipinski definition) is 0. The fraction of sp³-hybridized carbons (Fsp3) is 0.556. The van der Waals surface area contributed by atoms with Crippen LogP contribution in [-0.2, 0) is 18.9 Å². The lowest BCUT2D eigenvalue weighted by atomic mass is 9.96. The largest absolute Gasteiger partial charge is 0.493 e. The Balaban J connectivity index is 1.87. The molecule has 2 rings (SSSR count). The number of unbranched alkanes of at least 4 members (excludes halogenated alkanes) is 1. The van der Waals surface area contributed by atoms with Gasteiger partial charge in [0.05, 0.1) is 26.4 Å². The first-order valence-electron chi connectivity index (χ1n) is 11.8. The maximum atomic E-state index is 5.96. The summed E-state index contributed by atoms with van der Waals surface area (Å²) in [6.45, 7) is 9.36. The van der Waals surface area contributed by atoms with Gasteiger partial charge in [0, 0.05) is 40.5 Å². The first kappa shape index (κ1) is 27.1. The highest BCUT2D eigenvalue weighted by Crippen LogP contribution is 2.32. The summed E-state index contributed by atoms with van der Waals surface area (Å²) < 4.78 is 33.0. The lowest BCUT2D eigenvalue weighted by molar-refractivity contribution is 0.0644. The van der Waals surface area contributed by atoms with Gasteiger partial charge in [-0.1, -0.05) is 12.1 Å². The van der Waals surface area contributed by atoms with Crippen molar-refractivity contribution in [2.45, 2.75) is 33.1 Å². The third-order valence-electron chi connectivity index (χ3n) is 5.23. The van der Waals surface area contributed by atoms with Crippen molar-refractivity contribution >= 4 is 0 Å². The van der Waals surface area contributed by atoms with E-state index in [-0.39, 0.29) is 0 Å². The minimum Gasteiger partial charge on any atom is -0.493 e. The minimum atomic E-state index is 0.529. The van der Waals surface area contributed by atoms with E-state index in [0.29, 0.717) is 39.6 Å². The lowest BCUT2D eigenvalue weighted by Crippen LogP contribution is -2.08. The minimum absolute atomic E-state index is 0.529. The lowest BCUT2D eigenvalue weighted by Gasteiger charge is -2.15. The van der Waals surface area contributed by atoms with Crippen molar-refractivity contribution in [3.05, 3.63) is 47.5 Å². The molecular weight excluding hydrogens is 420 g/mol. The highest BCUT2D eigenvalue weighted by molar-refractivity contribution is 5.73. The Morgan fingerprint density at radius 3 is 1.64 bits per heavy atom. The Hall–Kier alpha value is -2.12. The van der Waals surface area contributed by atoms with Crippen LogP contribution in [0.15, 0.2) is 36.4 Å². The van der Waals surface area contributed by atoms with Crippen LogP contribution in [0, 0.1) is 13.8 Å². The molecular formula is C27H40O6. The molecule has 0 aliphatic rings. The molecule has 184 valence electrons. The standard InChI is InChI=1S/C27H40O6/c1-22-8-10-24(32-15-7-14-31-17-16-29-4)20-26(22)27-21-25(11-9-23(27)2)33-19-18-30-13-6-5-12-28-3/h8-11,20-21H,5-7,12-19H2,1-4H3. The normalized spacial score (nSPS) is 11.0. The molecule has 0 amide bonds. The summed E-state index contributed by atoms with van der Waals surface area (Å²) in [5, 5.41) is 0. The molecule has 0 saturated carbocycles. The van der Waals surface area contributed by atoms with Crippen molar-refractivity contribution in [3.63, 3.8) is 0 Å². The average Bonchev–Trinajstić information content (AvgIpc) is 2.82. The molecule has 0 saturated heterocycles. The first-order chi connectivity index (χ1) is 16.2. The molecule has 0 aromatic heterocycles. The third-order valence-corrected chi connectivity index (χ3v) is 5.23. The molecule has 6 nitrogen and oxygen atoms in total. The molecule has 2 aromatic carbocycles. The number of methoxy groups -OCH3 is 2. The maximum absolute atomic E-state index is 5.96. The van der Waals surface area contributed by atoms with Crippen molar-refractivity contribution < 1.29 is 28.4 Å². The predicted octanol–water partition coefficient (Wildman–Crippen LogP) is 5.22. The van der Waals surface area contributed by atoms with Crippen molar-refractivity contribution in [3.8, 4) is 22.6 Å². The topological polar surface area (TPSA) is 55.4 Å². The second-order valence-corrected chi connectivity index (χ2v) is 7.92. The van der Waals surface area contributed by atoms with E-state index >= 15 is 0 Å². The molecule has 0 fully saturated rings. The summed E-state index contributed by atoms with van der Waals surface area (Å²) in [4.78, 5) is 0. The fourth-order valence-electron chi connectivity index (χ4n) is 3.33. The van der Waals surface area contributed by atoms with E-state index in [9.17, 15) is 0 Å². The highest BCUT2D eigenvalue weighted by Gasteiger charge is 2.09. The second-order valence-electron chi connectivity index (χ2n) is 7.92. The Kier molecular flexibility index (Phi) is 13.6. The number of aryl methyl sites for hydroxylation is 2. The molecule has 33 heavy (non-hydrogen) atoms. The molecule has 0 atom stereocenters. The van der Waals surface area contributed by atoms with Crippen LogP contribution in [-0.4, -0.2) is 67.1 Å². The molecule has 0 aliphatic carbocycles. The van der Waals surface area contributed by atoms with Gasteiger partial charge in [-0.05, 0) is 73.2 Å². The van der Waals surface area contributed by atoms with Crippen LogP contribution < -0.4 is 9.47 Å². The quantitative estimate of drug-likeness (QED) is 0.284. The van der Waals surface area contributed by atoms with E-state index in [1.165, 1.54) is 11.1 Å². The summed E-state index contributed by atoms with van der Waals surface area (Å²) in [6.07, 6.45) is 2.85. The first-order valence-corrected chi connectivity index (χ1v) is 11.8. The van der Waals surface area contributed by atoms with Crippen LogP contribution in [0.2, 0.25) is 0 Å². The highest BCUT2D eigenvalue weighted by atomic mass is 16.5. The van der Waals surface area contributed by atoms with E-state index in [1.54, 1.807) is 14.2 Å². The third kappa shape index (κ3) is 10.6. The monoisotopic (exact) mass is 460 g/mol. The molecule has 0 aliphatic heterocycles. The van der Waals surface area contributed by atoms with E-state index < -0.39 is 0 Å². The van der Waals surface area contributed by atoms with Crippen LogP contribution in [0.3, 0.4) is 0 Å². The summed E-state index contributed by atoms with van der Waals surface area (Å²) in [5.74, 6) is 1.71. The Labute approximate surface area is 199 Å². The van der Waals surface area contributed by atoms with Gasteiger partial charge in [-0.15, -0.1) is 0 Å². The van der Waals surface area contributed by atoms with E-state index in [1.807, 2.05) is 12.1 Å². The van der Waals surface area contributed by atoms with Gasteiger partial charge in [0.2, 0.25) is 0 Å². The Morgan fingerprint density at radius 2 is 1.03 bits per heavy atom. The van der Waals surface area contributed by atoms with Crippen LogP contribution in [0.25, 0.3) is 11.1 Å². The number of benzene rings is 2. The van der Waals surface area contributed by atoms with Crippen molar-refractivity contribution in [2.24, 2.45) is 0 Å². The molecule has 6 heteroatoms. The van der Waals surface area contributed by atoms with E-state index in [4.69, 9.17) is 28.4 Å². The van der Waals surface area contributed by atoms with Gasteiger partial charge >= 0.3 is 0 Å². The maximum Gasteiger partial charge on any atom is 0.120 e. The van der Waals surface area contributed by atoms with Gasteiger partial charge < -0.3 is 28.4 Å². The zero-order valence-electron chi connectivity index (χ0n) is 20.7. The number of ether oxygens (including phenoxy) is 6. The molecule has 0 unspecified atom stereocenters. The van der Waals surface area contributed by atoms with Gasteiger partial charge in [-0.25, -0.2) is 0 Å². The molecule has 0 bridgehead atoms. The summed E-state index contributed by atoms with van der Waals surface area (Å²) >= 11 is 0. The van der Waals surface area contributed by atoms with Crippen LogP contribution in [0.1, 0.15) is 30.4 Å². The summed E-state index contributed by atoms with van der Waals surface area (Å²) in [5.41, 5.74) is 4.70. The van der Waals surface area contributed by atoms with Crippen molar-refractivity contribution in [2.75, 3.05) is 67.1 Å². The summed E-state index contributed by atoms with van der Waals surface area (Å²) in [7, 11) is 3.39. The van der Waals surface area contributed by atoms with Crippen LogP contribution in [0.5, 0.6) is 11.5 Å². The van der Waals surface area contributed by atoms with Gasteiger partial charge in [-0.2, -0.15) is 0 Å². The average molecular weight is 461 g/mol. The zero-order chi connectivity index (χ0) is 23.7. The smallest absolute Gasteiger partial charge is 0.120 e. The summed E-state index contributed by atoms with van der Waals surface area (Å²) in [6, 6.07) is 12.4. The van der Waals surface area contributed by atoms with Gasteiger partial charge in [0.15, 0.2) is 0 Å². The predicted molar refractivity (Wildman–Crippen MR) is 132 cm³/mol. The molecule has 0 N–H and O–H groups in total. The Bertz CT molecular complexity index is 792. The fourth-order valence-corrected chi connectivity index (χ4v) is 3.33. The van der Waals surface area contributed by atoms with E-state index in [0.717, 1.165) is 55.1 Å². The molecule has 0 heterocycles. The van der Waals surface area contributed by atoms with Gasteiger partial charge in [0.25, 0.3) is 0 Å². The molecule has 0 radical (unpaired) electrons. The SMILES string of the molecule is COCCCCOCCOc1ccc(C)c(-c2cc(OCCCOCCOC)ccc2C)c1. The second kappa shape index (κ2) is 16.5. The van der Waals surface area contributed by atoms with Crippen molar-refractivity contribution in [1.29, 1.82) is 0 Å². The number of hydrogen-bond acceptors (Lipinski definition) is 6.